The Morgan fingerprint density at radius 1 is 0.932 bits per heavy atom. The summed E-state index contributed by atoms with van der Waals surface area (Å²) in [5, 5.41) is 4.59. The number of nitrogens with zero attached hydrogens (tertiary/aromatic N) is 1. The van der Waals surface area contributed by atoms with Gasteiger partial charge in [-0.3, -0.25) is 9.59 Å². The standard InChI is InChI=1S/C34H39Cl2N3O5/c1-42-28-17-22(18-29(43-2)30(28)44-3)31(40)39-16-14-33(21-39,24-9-10-26(35)27(36)19-24)12-11-25-20-34(32(37)41,13-15-38-25)23-7-5-4-6-8-23/h4-10,17-19,25,38H,11-16,20-21H2,1-3H3,(H2,37,41). The highest BCUT2D eigenvalue weighted by Gasteiger charge is 2.45. The predicted molar refractivity (Wildman–Crippen MR) is 172 cm³/mol. The largest absolute Gasteiger partial charge is 0.493 e. The molecular weight excluding hydrogens is 601 g/mol. The number of rotatable bonds is 10. The number of nitrogens with two attached hydrogens (primary N) is 1. The van der Waals surface area contributed by atoms with E-state index in [2.05, 4.69) is 5.32 Å². The molecule has 44 heavy (non-hydrogen) atoms. The number of methoxy groups -OCH3 is 3. The first-order valence-corrected chi connectivity index (χ1v) is 15.6. The zero-order valence-electron chi connectivity index (χ0n) is 25.3. The first-order chi connectivity index (χ1) is 21.2. The van der Waals surface area contributed by atoms with Crippen molar-refractivity contribution >= 4 is 35.0 Å². The van der Waals surface area contributed by atoms with Gasteiger partial charge in [0.05, 0.1) is 36.8 Å². The number of likely N-dealkylation sites (tertiary alicyclic amines) is 1. The molecular formula is C34H39Cl2N3O5. The molecule has 2 fully saturated rings. The fourth-order valence-corrected chi connectivity index (χ4v) is 7.27. The van der Waals surface area contributed by atoms with E-state index >= 15 is 0 Å². The minimum absolute atomic E-state index is 0.0657. The number of benzene rings is 3. The molecule has 3 N–H and O–H groups in total. The molecule has 0 aliphatic carbocycles. The van der Waals surface area contributed by atoms with Gasteiger partial charge in [-0.05, 0) is 74.0 Å². The van der Waals surface area contributed by atoms with Crippen LogP contribution in [-0.4, -0.2) is 63.7 Å². The summed E-state index contributed by atoms with van der Waals surface area (Å²) < 4.78 is 16.4. The maximum atomic E-state index is 13.9. The Bertz CT molecular complexity index is 1490. The molecule has 0 aromatic heterocycles. The zero-order chi connectivity index (χ0) is 31.5. The van der Waals surface area contributed by atoms with Crippen LogP contribution in [0.15, 0.2) is 60.7 Å². The lowest BCUT2D eigenvalue weighted by Crippen LogP contribution is -2.53. The van der Waals surface area contributed by atoms with E-state index in [4.69, 9.17) is 43.1 Å². The van der Waals surface area contributed by atoms with Gasteiger partial charge in [0.2, 0.25) is 11.7 Å². The monoisotopic (exact) mass is 639 g/mol. The molecule has 0 radical (unpaired) electrons. The smallest absolute Gasteiger partial charge is 0.254 e. The number of hydrogen-bond acceptors (Lipinski definition) is 6. The number of ether oxygens (including phenoxy) is 3. The Labute approximate surface area is 268 Å². The molecule has 5 rings (SSSR count). The Balaban J connectivity index is 1.42. The SMILES string of the molecule is COc1cc(C(=O)N2CCC(CCC3CC(C(N)=O)(c4ccccc4)CCN3)(c3ccc(Cl)c(Cl)c3)C2)cc(OC)c1OC. The molecule has 2 aliphatic rings. The number of hydrogen-bond donors (Lipinski definition) is 2. The molecule has 3 atom stereocenters. The first kappa shape index (κ1) is 31.9. The topological polar surface area (TPSA) is 103 Å². The molecule has 8 nitrogen and oxygen atoms in total. The summed E-state index contributed by atoms with van der Waals surface area (Å²) in [4.78, 5) is 28.7. The third-order valence-electron chi connectivity index (χ3n) is 9.43. The molecule has 0 spiro atoms. The lowest BCUT2D eigenvalue weighted by molar-refractivity contribution is -0.125. The Kier molecular flexibility index (Phi) is 9.63. The molecule has 2 aliphatic heterocycles. The molecule has 3 aromatic carbocycles. The summed E-state index contributed by atoms with van der Waals surface area (Å²) in [6.07, 6.45) is 3.56. The van der Waals surface area contributed by atoms with Gasteiger partial charge in [0.15, 0.2) is 11.5 Å². The number of halogens is 2. The van der Waals surface area contributed by atoms with E-state index < -0.39 is 5.41 Å². The van der Waals surface area contributed by atoms with Crippen molar-refractivity contribution in [2.45, 2.75) is 49.0 Å². The third-order valence-corrected chi connectivity index (χ3v) is 10.2. The maximum absolute atomic E-state index is 13.9. The van der Waals surface area contributed by atoms with Crippen LogP contribution in [0.5, 0.6) is 17.2 Å². The average molecular weight is 641 g/mol. The molecule has 0 bridgehead atoms. The van der Waals surface area contributed by atoms with Gasteiger partial charge in [0, 0.05) is 30.1 Å². The van der Waals surface area contributed by atoms with Crippen LogP contribution in [0.2, 0.25) is 10.0 Å². The maximum Gasteiger partial charge on any atom is 0.254 e. The fraction of sp³-hybridized carbons (Fsp3) is 0.412. The number of carbonyl (C=O) groups is 2. The fourth-order valence-electron chi connectivity index (χ4n) is 6.97. The molecule has 2 saturated heterocycles. The highest BCUT2D eigenvalue weighted by molar-refractivity contribution is 6.42. The Hall–Kier alpha value is -3.46. The summed E-state index contributed by atoms with van der Waals surface area (Å²) in [6, 6.07) is 19.0. The lowest BCUT2D eigenvalue weighted by atomic mass is 9.68. The van der Waals surface area contributed by atoms with E-state index in [1.807, 2.05) is 53.4 Å². The van der Waals surface area contributed by atoms with Crippen LogP contribution in [-0.2, 0) is 15.6 Å². The van der Waals surface area contributed by atoms with E-state index in [0.717, 1.165) is 30.4 Å². The second-order valence-corrected chi connectivity index (χ2v) is 12.6. The number of primary amides is 1. The molecule has 3 unspecified atom stereocenters. The van der Waals surface area contributed by atoms with E-state index in [-0.39, 0.29) is 23.3 Å². The highest BCUT2D eigenvalue weighted by atomic mass is 35.5. The summed E-state index contributed by atoms with van der Waals surface area (Å²) in [7, 11) is 4.59. The van der Waals surface area contributed by atoms with Gasteiger partial charge in [-0.15, -0.1) is 0 Å². The Morgan fingerprint density at radius 3 is 2.25 bits per heavy atom. The number of carbonyl (C=O) groups excluding carboxylic acids is 2. The van der Waals surface area contributed by atoms with Crippen LogP contribution < -0.4 is 25.3 Å². The van der Waals surface area contributed by atoms with Gasteiger partial charge in [0.25, 0.3) is 5.91 Å². The van der Waals surface area contributed by atoms with Gasteiger partial charge >= 0.3 is 0 Å². The van der Waals surface area contributed by atoms with Crippen LogP contribution in [0.4, 0.5) is 0 Å². The summed E-state index contributed by atoms with van der Waals surface area (Å²) in [5.74, 6) is 0.853. The highest BCUT2D eigenvalue weighted by Crippen LogP contribution is 2.44. The van der Waals surface area contributed by atoms with Crippen LogP contribution in [0, 0.1) is 0 Å². The van der Waals surface area contributed by atoms with Crippen molar-refractivity contribution in [2.75, 3.05) is 41.0 Å². The molecule has 0 saturated carbocycles. The van der Waals surface area contributed by atoms with E-state index in [1.165, 1.54) is 21.3 Å². The summed E-state index contributed by atoms with van der Waals surface area (Å²) in [5.41, 5.74) is 7.42. The molecule has 2 amide bonds. The van der Waals surface area contributed by atoms with Crippen molar-refractivity contribution in [1.82, 2.24) is 10.2 Å². The number of piperidine rings is 1. The lowest BCUT2D eigenvalue weighted by Gasteiger charge is -2.41. The average Bonchev–Trinajstić information content (AvgIpc) is 3.50. The minimum atomic E-state index is -0.724. The Morgan fingerprint density at radius 2 is 1.64 bits per heavy atom. The van der Waals surface area contributed by atoms with Crippen molar-refractivity contribution in [3.05, 3.63) is 87.4 Å². The van der Waals surface area contributed by atoms with Gasteiger partial charge in [-0.1, -0.05) is 59.6 Å². The third kappa shape index (κ3) is 6.08. The minimum Gasteiger partial charge on any atom is -0.493 e. The van der Waals surface area contributed by atoms with Gasteiger partial charge in [-0.25, -0.2) is 0 Å². The summed E-state index contributed by atoms with van der Waals surface area (Å²) >= 11 is 12.8. The predicted octanol–water partition coefficient (Wildman–Crippen LogP) is 5.76. The molecule has 2 heterocycles. The molecule has 10 heteroatoms. The molecule has 3 aromatic rings. The second-order valence-electron chi connectivity index (χ2n) is 11.8. The van der Waals surface area contributed by atoms with Crippen LogP contribution >= 0.6 is 23.2 Å². The second kappa shape index (κ2) is 13.3. The van der Waals surface area contributed by atoms with Crippen molar-refractivity contribution in [2.24, 2.45) is 5.73 Å². The van der Waals surface area contributed by atoms with E-state index in [1.54, 1.807) is 12.1 Å². The molecule has 234 valence electrons. The van der Waals surface area contributed by atoms with Crippen molar-refractivity contribution < 1.29 is 23.8 Å². The van der Waals surface area contributed by atoms with E-state index in [0.29, 0.717) is 65.3 Å². The van der Waals surface area contributed by atoms with Crippen LogP contribution in [0.25, 0.3) is 0 Å². The number of amides is 2. The summed E-state index contributed by atoms with van der Waals surface area (Å²) in [6.45, 7) is 1.74. The number of nitrogens with one attached hydrogen (secondary N) is 1. The van der Waals surface area contributed by atoms with Crippen molar-refractivity contribution in [1.29, 1.82) is 0 Å². The van der Waals surface area contributed by atoms with Crippen LogP contribution in [0.3, 0.4) is 0 Å². The van der Waals surface area contributed by atoms with Gasteiger partial charge in [0.1, 0.15) is 0 Å². The van der Waals surface area contributed by atoms with Crippen molar-refractivity contribution in [3.63, 3.8) is 0 Å². The van der Waals surface area contributed by atoms with Crippen LogP contribution in [0.1, 0.15) is 53.6 Å². The normalized spacial score (nSPS) is 23.3. The first-order valence-electron chi connectivity index (χ1n) is 14.8. The van der Waals surface area contributed by atoms with Gasteiger partial charge in [-0.2, -0.15) is 0 Å². The zero-order valence-corrected chi connectivity index (χ0v) is 26.8. The van der Waals surface area contributed by atoms with E-state index in [9.17, 15) is 9.59 Å². The van der Waals surface area contributed by atoms with Crippen molar-refractivity contribution in [3.8, 4) is 17.2 Å². The van der Waals surface area contributed by atoms with Gasteiger partial charge < -0.3 is 30.2 Å². The quantitative estimate of drug-likeness (QED) is 0.292.